The molecule has 0 spiro atoms. The smallest absolute Gasteiger partial charge is 0.316 e. The predicted octanol–water partition coefficient (Wildman–Crippen LogP) is 1.09. The highest BCUT2D eigenvalue weighted by molar-refractivity contribution is 5.16. The highest BCUT2D eigenvalue weighted by Gasteiger charge is 2.21. The molecule has 5 nitrogen and oxygen atoms in total. The third-order valence-electron chi connectivity index (χ3n) is 3.63. The van der Waals surface area contributed by atoms with Crippen molar-refractivity contribution in [1.82, 2.24) is 20.1 Å². The summed E-state index contributed by atoms with van der Waals surface area (Å²) in [5, 5.41) is 10.2. The summed E-state index contributed by atoms with van der Waals surface area (Å²) in [7, 11) is 0. The Morgan fingerprint density at radius 3 is 2.89 bits per heavy atom. The summed E-state index contributed by atoms with van der Waals surface area (Å²) >= 11 is 0. The first kappa shape index (κ1) is 12.2. The van der Waals surface area contributed by atoms with Crippen molar-refractivity contribution in [2.75, 3.05) is 13.1 Å². The summed E-state index contributed by atoms with van der Waals surface area (Å²) in [6, 6.07) is 10.0. The first-order valence-corrected chi connectivity index (χ1v) is 6.74. The summed E-state index contributed by atoms with van der Waals surface area (Å²) in [5.41, 5.74) is 1.00. The van der Waals surface area contributed by atoms with Crippen LogP contribution in [0, 0.1) is 0 Å². The minimum atomic E-state index is -0.121. The van der Waals surface area contributed by atoms with E-state index in [4.69, 9.17) is 0 Å². The number of H-pyrrole nitrogens is 1. The second-order valence-corrected chi connectivity index (χ2v) is 5.00. The Balaban J connectivity index is 1.88. The zero-order valence-electron chi connectivity index (χ0n) is 10.8. The van der Waals surface area contributed by atoms with Crippen molar-refractivity contribution in [3.05, 3.63) is 52.2 Å². The number of hydrogen-bond acceptors (Lipinski definition) is 3. The molecule has 2 N–H and O–H groups in total. The van der Waals surface area contributed by atoms with Crippen molar-refractivity contribution in [1.29, 1.82) is 0 Å². The van der Waals surface area contributed by atoms with Crippen LogP contribution in [0.5, 0.6) is 0 Å². The van der Waals surface area contributed by atoms with Crippen LogP contribution in [0.2, 0.25) is 0 Å². The summed E-state index contributed by atoms with van der Waals surface area (Å²) in [5.74, 6) is 1.21. The van der Waals surface area contributed by atoms with E-state index in [1.54, 1.807) is 4.57 Å². The van der Waals surface area contributed by atoms with Gasteiger partial charge in [-0.15, -0.1) is 0 Å². The van der Waals surface area contributed by atoms with Crippen LogP contribution in [-0.4, -0.2) is 27.9 Å². The van der Waals surface area contributed by atoms with Gasteiger partial charge in [0.2, 0.25) is 0 Å². The number of rotatable bonds is 3. The second-order valence-electron chi connectivity index (χ2n) is 5.00. The Labute approximate surface area is 111 Å². The lowest BCUT2D eigenvalue weighted by Crippen LogP contribution is -2.31. The van der Waals surface area contributed by atoms with Crippen molar-refractivity contribution < 1.29 is 0 Å². The summed E-state index contributed by atoms with van der Waals surface area (Å²) in [4.78, 5) is 11.9. The maximum atomic E-state index is 11.9. The fourth-order valence-electron chi connectivity index (χ4n) is 2.63. The van der Waals surface area contributed by atoms with Crippen LogP contribution in [0.3, 0.4) is 0 Å². The molecule has 3 rings (SSSR count). The molecule has 19 heavy (non-hydrogen) atoms. The molecule has 5 heteroatoms. The normalized spacial score (nSPS) is 19.5. The molecule has 0 bridgehead atoms. The van der Waals surface area contributed by atoms with Gasteiger partial charge in [-0.1, -0.05) is 30.3 Å². The maximum absolute atomic E-state index is 11.9. The number of benzene rings is 1. The molecule has 0 aliphatic carbocycles. The number of nitrogens with one attached hydrogen (secondary N) is 2. The number of nitrogens with zero attached hydrogens (tertiary/aromatic N) is 2. The van der Waals surface area contributed by atoms with Crippen LogP contribution >= 0.6 is 0 Å². The van der Waals surface area contributed by atoms with E-state index in [9.17, 15) is 4.79 Å². The van der Waals surface area contributed by atoms with E-state index < -0.39 is 0 Å². The molecule has 1 unspecified atom stereocenters. The minimum absolute atomic E-state index is 0.121. The van der Waals surface area contributed by atoms with Gasteiger partial charge in [0.25, 0.3) is 0 Å². The maximum Gasteiger partial charge on any atom is 0.343 e. The molecule has 2 aromatic rings. The largest absolute Gasteiger partial charge is 0.343 e. The van der Waals surface area contributed by atoms with E-state index in [0.29, 0.717) is 12.5 Å². The van der Waals surface area contributed by atoms with Crippen LogP contribution in [-0.2, 0) is 6.54 Å². The molecule has 1 aromatic heterocycles. The Kier molecular flexibility index (Phi) is 3.46. The van der Waals surface area contributed by atoms with E-state index in [2.05, 4.69) is 15.5 Å². The number of piperidine rings is 1. The standard InChI is InChI=1S/C14H18N4O/c19-14-17-16-13(12-7-4-8-15-9-12)18(14)10-11-5-2-1-3-6-11/h1-3,5-6,12,15H,4,7-10H2,(H,17,19). The predicted molar refractivity (Wildman–Crippen MR) is 73.2 cm³/mol. The zero-order valence-corrected chi connectivity index (χ0v) is 10.8. The molecule has 0 amide bonds. The van der Waals surface area contributed by atoms with Gasteiger partial charge in [0.15, 0.2) is 0 Å². The van der Waals surface area contributed by atoms with Crippen molar-refractivity contribution in [3.8, 4) is 0 Å². The van der Waals surface area contributed by atoms with Gasteiger partial charge in [0, 0.05) is 12.5 Å². The molecule has 1 aromatic carbocycles. The lowest BCUT2D eigenvalue weighted by molar-refractivity contribution is 0.434. The number of aromatic amines is 1. The molecular weight excluding hydrogens is 240 g/mol. The highest BCUT2D eigenvalue weighted by Crippen LogP contribution is 2.20. The van der Waals surface area contributed by atoms with Crippen molar-refractivity contribution in [2.45, 2.75) is 25.3 Å². The van der Waals surface area contributed by atoms with Gasteiger partial charge in [0.05, 0.1) is 6.54 Å². The Bertz CT molecular complexity index is 581. The van der Waals surface area contributed by atoms with Gasteiger partial charge < -0.3 is 5.32 Å². The lowest BCUT2D eigenvalue weighted by atomic mass is 9.99. The molecule has 100 valence electrons. The first-order chi connectivity index (χ1) is 9.34. The molecule has 1 aliphatic rings. The van der Waals surface area contributed by atoms with Gasteiger partial charge >= 0.3 is 5.69 Å². The highest BCUT2D eigenvalue weighted by atomic mass is 16.1. The molecule has 1 aliphatic heterocycles. The van der Waals surface area contributed by atoms with Gasteiger partial charge in [-0.25, -0.2) is 9.89 Å². The average Bonchev–Trinajstić information content (AvgIpc) is 2.82. The van der Waals surface area contributed by atoms with E-state index in [1.807, 2.05) is 30.3 Å². The third kappa shape index (κ3) is 2.61. The molecule has 2 heterocycles. The van der Waals surface area contributed by atoms with Crippen LogP contribution in [0.4, 0.5) is 0 Å². The molecular formula is C14H18N4O. The topological polar surface area (TPSA) is 62.7 Å². The zero-order chi connectivity index (χ0) is 13.1. The quantitative estimate of drug-likeness (QED) is 0.866. The Morgan fingerprint density at radius 2 is 2.16 bits per heavy atom. The molecule has 0 radical (unpaired) electrons. The van der Waals surface area contributed by atoms with Crippen molar-refractivity contribution in [2.24, 2.45) is 0 Å². The number of hydrogen-bond donors (Lipinski definition) is 2. The SMILES string of the molecule is O=c1[nH]nc(C2CCCNC2)n1Cc1ccccc1. The fourth-order valence-corrected chi connectivity index (χ4v) is 2.63. The van der Waals surface area contributed by atoms with Crippen LogP contribution < -0.4 is 11.0 Å². The van der Waals surface area contributed by atoms with Gasteiger partial charge in [0.1, 0.15) is 5.82 Å². The average molecular weight is 258 g/mol. The summed E-state index contributed by atoms with van der Waals surface area (Å²) in [6.07, 6.45) is 2.23. The van der Waals surface area contributed by atoms with Crippen LogP contribution in [0.1, 0.15) is 30.1 Å². The fraction of sp³-hybridized carbons (Fsp3) is 0.429. The molecule has 1 fully saturated rings. The van der Waals surface area contributed by atoms with Crippen LogP contribution in [0.25, 0.3) is 0 Å². The lowest BCUT2D eigenvalue weighted by Gasteiger charge is -2.22. The third-order valence-corrected chi connectivity index (χ3v) is 3.63. The summed E-state index contributed by atoms with van der Waals surface area (Å²) in [6.45, 7) is 2.55. The second kappa shape index (κ2) is 5.40. The number of aromatic nitrogens is 3. The molecule has 1 saturated heterocycles. The monoisotopic (exact) mass is 258 g/mol. The minimum Gasteiger partial charge on any atom is -0.316 e. The Hall–Kier alpha value is -1.88. The van der Waals surface area contributed by atoms with Crippen LogP contribution in [0.15, 0.2) is 35.1 Å². The van der Waals surface area contributed by atoms with Crippen molar-refractivity contribution >= 4 is 0 Å². The van der Waals surface area contributed by atoms with E-state index in [1.165, 1.54) is 0 Å². The summed E-state index contributed by atoms with van der Waals surface area (Å²) < 4.78 is 1.76. The first-order valence-electron chi connectivity index (χ1n) is 6.74. The van der Waals surface area contributed by atoms with E-state index >= 15 is 0 Å². The van der Waals surface area contributed by atoms with Gasteiger partial charge in [-0.05, 0) is 24.9 Å². The Morgan fingerprint density at radius 1 is 1.32 bits per heavy atom. The van der Waals surface area contributed by atoms with Gasteiger partial charge in [-0.2, -0.15) is 5.10 Å². The van der Waals surface area contributed by atoms with E-state index in [-0.39, 0.29) is 5.69 Å². The van der Waals surface area contributed by atoms with Gasteiger partial charge in [-0.3, -0.25) is 4.57 Å². The molecule has 0 saturated carbocycles. The van der Waals surface area contributed by atoms with E-state index in [0.717, 1.165) is 37.3 Å². The van der Waals surface area contributed by atoms with Crippen molar-refractivity contribution in [3.63, 3.8) is 0 Å². The molecule has 1 atom stereocenters.